The first-order chi connectivity index (χ1) is 17.7. The van der Waals surface area contributed by atoms with Crippen LogP contribution in [-0.2, 0) is 4.79 Å². The highest BCUT2D eigenvalue weighted by atomic mass is 16.2. The van der Waals surface area contributed by atoms with Gasteiger partial charge >= 0.3 is 0 Å². The van der Waals surface area contributed by atoms with Crippen molar-refractivity contribution in [3.8, 4) is 11.3 Å². The molecule has 1 aliphatic rings. The highest BCUT2D eigenvalue weighted by Crippen LogP contribution is 2.38. The summed E-state index contributed by atoms with van der Waals surface area (Å²) in [5, 5.41) is 4.40. The molecule has 1 amide bonds. The average molecular weight is 503 g/mol. The van der Waals surface area contributed by atoms with Gasteiger partial charge < -0.3 is 14.8 Å². The van der Waals surface area contributed by atoms with Crippen molar-refractivity contribution in [2.24, 2.45) is 0 Å². The van der Waals surface area contributed by atoms with E-state index >= 15 is 0 Å². The van der Waals surface area contributed by atoms with E-state index in [2.05, 4.69) is 84.7 Å². The average Bonchev–Trinajstić information content (AvgIpc) is 3.50. The lowest BCUT2D eigenvalue weighted by Gasteiger charge is -2.41. The Morgan fingerprint density at radius 3 is 2.70 bits per heavy atom. The van der Waals surface area contributed by atoms with Crippen LogP contribution in [0.25, 0.3) is 27.9 Å². The van der Waals surface area contributed by atoms with E-state index in [4.69, 9.17) is 4.98 Å². The molecule has 0 aliphatic carbocycles. The number of aromatic nitrogens is 5. The van der Waals surface area contributed by atoms with Crippen LogP contribution < -0.4 is 4.90 Å². The Labute approximate surface area is 218 Å². The minimum atomic E-state index is 0.190. The number of rotatable bonds is 6. The monoisotopic (exact) mass is 502 g/mol. The maximum Gasteiger partial charge on any atom is 0.236 e. The zero-order valence-electron chi connectivity index (χ0n) is 23.0. The summed E-state index contributed by atoms with van der Waals surface area (Å²) in [5.74, 6) is 1.44. The van der Waals surface area contributed by atoms with Gasteiger partial charge in [-0.25, -0.2) is 14.5 Å². The smallest absolute Gasteiger partial charge is 0.236 e. The maximum absolute atomic E-state index is 12.7. The summed E-state index contributed by atoms with van der Waals surface area (Å²) in [6.45, 7) is 16.5. The van der Waals surface area contributed by atoms with Crippen LogP contribution in [0, 0.1) is 13.8 Å². The normalized spacial score (nSPS) is 16.6. The number of carbonyl (C=O) groups is 1. The summed E-state index contributed by atoms with van der Waals surface area (Å²) in [6, 6.07) is 4.43. The molecule has 5 rings (SSSR count). The van der Waals surface area contributed by atoms with Crippen LogP contribution in [0.5, 0.6) is 0 Å². The molecule has 0 spiro atoms. The van der Waals surface area contributed by atoms with Gasteiger partial charge in [-0.2, -0.15) is 5.10 Å². The SMILES string of the molecule is CCN(C)CC(=O)N1CCN(c2ccc3[nH]c(-c4cn5ncnc5c(C)c4C)c(C(C)C)c3n2)[C@H](C)C1. The second kappa shape index (κ2) is 9.78. The second-order valence-electron chi connectivity index (χ2n) is 10.7. The third-order valence-electron chi connectivity index (χ3n) is 7.86. The van der Waals surface area contributed by atoms with Gasteiger partial charge in [0.2, 0.25) is 5.91 Å². The number of nitrogens with one attached hydrogen (secondary N) is 1. The van der Waals surface area contributed by atoms with Crippen LogP contribution >= 0.6 is 0 Å². The molecule has 4 aromatic rings. The lowest BCUT2D eigenvalue weighted by molar-refractivity contribution is -0.132. The van der Waals surface area contributed by atoms with E-state index in [0.717, 1.165) is 52.4 Å². The molecule has 1 fully saturated rings. The largest absolute Gasteiger partial charge is 0.353 e. The number of likely N-dealkylation sites (N-methyl/N-ethyl adjacent to an activating group) is 1. The molecule has 1 atom stereocenters. The Balaban J connectivity index is 1.49. The predicted octanol–water partition coefficient (Wildman–Crippen LogP) is 4.00. The number of anilines is 1. The van der Waals surface area contributed by atoms with Crippen molar-refractivity contribution in [1.82, 2.24) is 34.4 Å². The zero-order chi connectivity index (χ0) is 26.4. The first-order valence-electron chi connectivity index (χ1n) is 13.2. The van der Waals surface area contributed by atoms with Crippen molar-refractivity contribution >= 4 is 28.4 Å². The van der Waals surface area contributed by atoms with Gasteiger partial charge in [0.25, 0.3) is 0 Å². The number of hydrogen-bond donors (Lipinski definition) is 1. The third kappa shape index (κ3) is 4.45. The van der Waals surface area contributed by atoms with Crippen LogP contribution in [0.15, 0.2) is 24.7 Å². The Kier molecular flexibility index (Phi) is 6.66. The lowest BCUT2D eigenvalue weighted by atomic mass is 9.95. The molecule has 4 aromatic heterocycles. The summed E-state index contributed by atoms with van der Waals surface area (Å²) in [5.41, 5.74) is 8.67. The van der Waals surface area contributed by atoms with E-state index in [0.29, 0.717) is 19.6 Å². The number of pyridine rings is 2. The molecule has 0 unspecified atom stereocenters. The van der Waals surface area contributed by atoms with Gasteiger partial charge in [0.15, 0.2) is 5.65 Å². The van der Waals surface area contributed by atoms with Crippen LogP contribution in [0.2, 0.25) is 0 Å². The van der Waals surface area contributed by atoms with Gasteiger partial charge in [-0.05, 0) is 63.5 Å². The van der Waals surface area contributed by atoms with Crippen molar-refractivity contribution < 1.29 is 4.79 Å². The number of H-pyrrole nitrogens is 1. The summed E-state index contributed by atoms with van der Waals surface area (Å²) in [7, 11) is 1.99. The second-order valence-corrected chi connectivity index (χ2v) is 10.7. The fourth-order valence-electron chi connectivity index (χ4n) is 5.43. The zero-order valence-corrected chi connectivity index (χ0v) is 23.0. The number of carbonyl (C=O) groups excluding carboxylic acids is 1. The van der Waals surface area contributed by atoms with E-state index in [-0.39, 0.29) is 17.9 Å². The van der Waals surface area contributed by atoms with Crippen molar-refractivity contribution in [2.45, 2.75) is 53.5 Å². The third-order valence-corrected chi connectivity index (χ3v) is 7.86. The number of piperazine rings is 1. The minimum absolute atomic E-state index is 0.190. The predicted molar refractivity (Wildman–Crippen MR) is 148 cm³/mol. The minimum Gasteiger partial charge on any atom is -0.353 e. The highest BCUT2D eigenvalue weighted by molar-refractivity contribution is 5.90. The van der Waals surface area contributed by atoms with Gasteiger partial charge in [0, 0.05) is 43.0 Å². The van der Waals surface area contributed by atoms with Crippen molar-refractivity contribution in [1.29, 1.82) is 0 Å². The quantitative estimate of drug-likeness (QED) is 0.429. The summed E-state index contributed by atoms with van der Waals surface area (Å²) < 4.78 is 1.85. The molecule has 1 N–H and O–H groups in total. The van der Waals surface area contributed by atoms with E-state index < -0.39 is 0 Å². The van der Waals surface area contributed by atoms with Gasteiger partial charge in [0.1, 0.15) is 12.1 Å². The summed E-state index contributed by atoms with van der Waals surface area (Å²) >= 11 is 0. The Morgan fingerprint density at radius 2 is 2.00 bits per heavy atom. The van der Waals surface area contributed by atoms with Crippen molar-refractivity contribution in [3.05, 3.63) is 41.3 Å². The molecule has 9 heteroatoms. The van der Waals surface area contributed by atoms with E-state index in [1.807, 2.05) is 16.5 Å². The molecule has 1 saturated heterocycles. The Morgan fingerprint density at radius 1 is 1.22 bits per heavy atom. The Hall–Kier alpha value is -3.46. The van der Waals surface area contributed by atoms with Crippen molar-refractivity contribution in [3.63, 3.8) is 0 Å². The van der Waals surface area contributed by atoms with E-state index in [1.54, 1.807) is 6.33 Å². The van der Waals surface area contributed by atoms with Crippen LogP contribution in [-0.4, -0.2) is 86.1 Å². The van der Waals surface area contributed by atoms with Gasteiger partial charge in [-0.1, -0.05) is 20.8 Å². The highest BCUT2D eigenvalue weighted by Gasteiger charge is 2.29. The van der Waals surface area contributed by atoms with Gasteiger partial charge in [-0.3, -0.25) is 9.69 Å². The number of nitrogens with zero attached hydrogens (tertiary/aromatic N) is 7. The number of hydrogen-bond acceptors (Lipinski definition) is 6. The molecule has 1 aliphatic heterocycles. The van der Waals surface area contributed by atoms with E-state index in [1.165, 1.54) is 11.1 Å². The van der Waals surface area contributed by atoms with Crippen molar-refractivity contribution in [2.75, 3.05) is 44.7 Å². The first kappa shape index (κ1) is 25.2. The molecular formula is C28H38N8O. The van der Waals surface area contributed by atoms with Crippen LogP contribution in [0.4, 0.5) is 5.82 Å². The molecule has 9 nitrogen and oxygen atoms in total. The summed E-state index contributed by atoms with van der Waals surface area (Å²) in [6.07, 6.45) is 3.67. The van der Waals surface area contributed by atoms with Crippen LogP contribution in [0.3, 0.4) is 0 Å². The number of aryl methyl sites for hydroxylation is 1. The fourth-order valence-corrected chi connectivity index (χ4v) is 5.43. The van der Waals surface area contributed by atoms with E-state index in [9.17, 15) is 4.79 Å². The number of fused-ring (bicyclic) bond motifs is 2. The first-order valence-corrected chi connectivity index (χ1v) is 13.2. The summed E-state index contributed by atoms with van der Waals surface area (Å²) in [4.78, 5) is 32.4. The lowest BCUT2D eigenvalue weighted by Crippen LogP contribution is -2.55. The van der Waals surface area contributed by atoms with Gasteiger partial charge in [0.05, 0.1) is 23.3 Å². The van der Waals surface area contributed by atoms with Crippen LogP contribution in [0.1, 0.15) is 50.3 Å². The topological polar surface area (TPSA) is 85.7 Å². The maximum atomic E-state index is 12.7. The molecule has 37 heavy (non-hydrogen) atoms. The number of amides is 1. The molecule has 0 bridgehead atoms. The molecule has 0 radical (unpaired) electrons. The van der Waals surface area contributed by atoms with Gasteiger partial charge in [-0.15, -0.1) is 0 Å². The molecule has 0 saturated carbocycles. The molecule has 5 heterocycles. The standard InChI is InChI=1S/C28H38N8O/c1-8-33(7)15-24(37)34-11-12-35(18(4)13-34)23-10-9-22-27(32-23)25(17(2)3)26(31-22)21-14-36-28(29-16-30-36)20(6)19(21)5/h9-10,14,16-18,31H,8,11-13,15H2,1-7H3/t18-/m1/s1. The Bertz CT molecular complexity index is 1450. The molecule has 196 valence electrons. The number of aromatic amines is 1. The fraction of sp³-hybridized carbons (Fsp3) is 0.500. The molecular weight excluding hydrogens is 464 g/mol. The molecule has 0 aromatic carbocycles.